The second kappa shape index (κ2) is 18.4. The number of aromatic nitrogens is 1. The van der Waals surface area contributed by atoms with Gasteiger partial charge in [-0.15, -0.1) is 0 Å². The molecule has 1 aromatic heterocycles. The normalized spacial score (nSPS) is 12.4. The number of para-hydroxylation sites is 2. The molecule has 0 amide bonds. The van der Waals surface area contributed by atoms with Crippen LogP contribution < -0.4 is 4.90 Å². The van der Waals surface area contributed by atoms with Crippen LogP contribution in [0.4, 0.5) is 17.1 Å². The monoisotopic (exact) mass is 954 g/mol. The number of nitrogens with zero attached hydrogens (tertiary/aromatic N) is 2. The van der Waals surface area contributed by atoms with Gasteiger partial charge in [-0.3, -0.25) is 0 Å². The minimum absolute atomic E-state index is 0.521. The molecule has 13 aromatic rings. The van der Waals surface area contributed by atoms with Gasteiger partial charge in [0.25, 0.3) is 0 Å². The lowest BCUT2D eigenvalue weighted by Crippen LogP contribution is -2.28. The van der Waals surface area contributed by atoms with Crippen molar-refractivity contribution in [2.75, 3.05) is 4.90 Å². The van der Waals surface area contributed by atoms with E-state index in [1.807, 2.05) is 0 Å². The molecular weight excluding hydrogens is 905 g/mol. The molecule has 0 aliphatic heterocycles. The van der Waals surface area contributed by atoms with Crippen LogP contribution in [0.2, 0.25) is 0 Å². The molecule has 0 saturated carbocycles. The third-order valence-corrected chi connectivity index (χ3v) is 15.5. The number of rotatable bonds is 10. The number of hydrogen-bond acceptors (Lipinski definition) is 1. The van der Waals surface area contributed by atoms with E-state index < -0.39 is 5.41 Å². The third-order valence-electron chi connectivity index (χ3n) is 15.5. The molecule has 1 aliphatic carbocycles. The first-order valence-electron chi connectivity index (χ1n) is 25.9. The Kier molecular flexibility index (Phi) is 10.8. The smallest absolute Gasteiger partial charge is 0.0713 e. The van der Waals surface area contributed by atoms with E-state index in [-0.39, 0.29) is 0 Å². The van der Waals surface area contributed by atoms with Gasteiger partial charge in [-0.1, -0.05) is 243 Å². The molecule has 1 aliphatic rings. The first-order chi connectivity index (χ1) is 37.2. The molecule has 12 aromatic carbocycles. The zero-order valence-electron chi connectivity index (χ0n) is 41.3. The average molecular weight is 955 g/mol. The third kappa shape index (κ3) is 7.25. The molecule has 2 heteroatoms. The molecule has 0 radical (unpaired) electrons. The Balaban J connectivity index is 1.03. The van der Waals surface area contributed by atoms with Gasteiger partial charge in [-0.2, -0.15) is 0 Å². The molecule has 0 N–H and O–H groups in total. The first kappa shape index (κ1) is 44.0. The van der Waals surface area contributed by atoms with Crippen molar-refractivity contribution in [3.05, 3.63) is 326 Å². The van der Waals surface area contributed by atoms with Gasteiger partial charge in [0, 0.05) is 33.4 Å². The van der Waals surface area contributed by atoms with Crippen molar-refractivity contribution in [1.29, 1.82) is 0 Å². The second-order valence-electron chi connectivity index (χ2n) is 19.5. The van der Waals surface area contributed by atoms with Crippen molar-refractivity contribution in [2.24, 2.45) is 0 Å². The molecule has 2 nitrogen and oxygen atoms in total. The predicted molar refractivity (Wildman–Crippen MR) is 315 cm³/mol. The Morgan fingerprint density at radius 3 is 1.51 bits per heavy atom. The molecule has 0 bridgehead atoms. The van der Waals surface area contributed by atoms with Gasteiger partial charge in [-0.25, -0.2) is 0 Å². The molecule has 0 unspecified atom stereocenters. The average Bonchev–Trinajstić information content (AvgIpc) is 4.07. The largest absolute Gasteiger partial charge is 0.310 e. The molecule has 14 rings (SSSR count). The fraction of sp³-hybridized carbons (Fsp3) is 0.0137. The summed E-state index contributed by atoms with van der Waals surface area (Å²) in [4.78, 5) is 2.51. The maximum absolute atomic E-state index is 2.51. The Hall–Kier alpha value is -9.76. The minimum Gasteiger partial charge on any atom is -0.310 e. The van der Waals surface area contributed by atoms with Crippen LogP contribution in [0, 0.1) is 0 Å². The summed E-state index contributed by atoms with van der Waals surface area (Å²) >= 11 is 0. The topological polar surface area (TPSA) is 8.17 Å². The number of benzene rings is 12. The molecule has 0 spiro atoms. The Morgan fingerprint density at radius 1 is 0.280 bits per heavy atom. The summed E-state index contributed by atoms with van der Waals surface area (Å²) in [5.74, 6) is 0. The molecule has 0 atom stereocenters. The van der Waals surface area contributed by atoms with Gasteiger partial charge in [0.05, 0.1) is 22.1 Å². The fourth-order valence-corrected chi connectivity index (χ4v) is 12.3. The van der Waals surface area contributed by atoms with E-state index in [0.717, 1.165) is 50.6 Å². The van der Waals surface area contributed by atoms with Crippen molar-refractivity contribution in [3.63, 3.8) is 0 Å². The molecule has 75 heavy (non-hydrogen) atoms. The van der Waals surface area contributed by atoms with Gasteiger partial charge in [0.1, 0.15) is 0 Å². The van der Waals surface area contributed by atoms with Gasteiger partial charge < -0.3 is 9.47 Å². The van der Waals surface area contributed by atoms with Crippen LogP contribution in [0.5, 0.6) is 0 Å². The number of hydrogen-bond donors (Lipinski definition) is 0. The quantitative estimate of drug-likeness (QED) is 0.133. The maximum atomic E-state index is 2.51. The molecular formula is C73H50N2. The number of anilines is 3. The first-order valence-corrected chi connectivity index (χ1v) is 25.9. The summed E-state index contributed by atoms with van der Waals surface area (Å²) < 4.78 is 2.39. The zero-order chi connectivity index (χ0) is 49.7. The predicted octanol–water partition coefficient (Wildman–Crippen LogP) is 19.3. The van der Waals surface area contributed by atoms with Crippen LogP contribution in [-0.2, 0) is 5.41 Å². The van der Waals surface area contributed by atoms with Gasteiger partial charge >= 0.3 is 0 Å². The van der Waals surface area contributed by atoms with E-state index in [1.54, 1.807) is 0 Å². The van der Waals surface area contributed by atoms with E-state index in [1.165, 1.54) is 71.9 Å². The van der Waals surface area contributed by atoms with Gasteiger partial charge in [0.2, 0.25) is 0 Å². The second-order valence-corrected chi connectivity index (χ2v) is 19.5. The van der Waals surface area contributed by atoms with E-state index >= 15 is 0 Å². The van der Waals surface area contributed by atoms with Crippen molar-refractivity contribution in [1.82, 2.24) is 4.57 Å². The highest BCUT2D eigenvalue weighted by Gasteiger charge is 2.46. The van der Waals surface area contributed by atoms with Crippen LogP contribution in [0.1, 0.15) is 22.3 Å². The highest BCUT2D eigenvalue weighted by atomic mass is 15.1. The van der Waals surface area contributed by atoms with Crippen LogP contribution >= 0.6 is 0 Å². The van der Waals surface area contributed by atoms with E-state index in [0.29, 0.717) is 0 Å². The Morgan fingerprint density at radius 2 is 0.787 bits per heavy atom. The van der Waals surface area contributed by atoms with Crippen LogP contribution in [-0.4, -0.2) is 4.57 Å². The summed E-state index contributed by atoms with van der Waals surface area (Å²) in [5.41, 5.74) is 23.0. The summed E-state index contributed by atoms with van der Waals surface area (Å²) in [6.45, 7) is 0. The van der Waals surface area contributed by atoms with Gasteiger partial charge in [0.15, 0.2) is 0 Å². The van der Waals surface area contributed by atoms with Crippen LogP contribution in [0.15, 0.2) is 303 Å². The van der Waals surface area contributed by atoms with E-state index in [9.17, 15) is 0 Å². The Bertz CT molecular complexity index is 4180. The lowest BCUT2D eigenvalue weighted by molar-refractivity contribution is 0.768. The lowest BCUT2D eigenvalue weighted by Gasteiger charge is -2.34. The molecule has 0 fully saturated rings. The highest BCUT2D eigenvalue weighted by molar-refractivity contribution is 6.11. The molecule has 0 saturated heterocycles. The fourth-order valence-electron chi connectivity index (χ4n) is 12.3. The summed E-state index contributed by atoms with van der Waals surface area (Å²) in [7, 11) is 0. The molecule has 352 valence electrons. The summed E-state index contributed by atoms with van der Waals surface area (Å²) in [5, 5.41) is 2.46. The highest BCUT2D eigenvalue weighted by Crippen LogP contribution is 2.58. The molecule has 1 heterocycles. The Labute approximate surface area is 438 Å². The van der Waals surface area contributed by atoms with E-state index in [2.05, 4.69) is 313 Å². The SMILES string of the molecule is c1ccc(-c2ccccc2-c2c(-c3ccccc3)cccc2N(c2cccc(-c3ccc4c(c3)c3ccccc3n4-c3ccccc3)c2)c2ccc3c(c2)-c2ccccc2C3(c2ccccc2)c2ccccc2)cc1. The standard InChI is InChI=1S/C73H50N2/c1-6-24-51(25-7-1)60-36-16-17-39-64(60)72-61(52-26-8-2-9-27-52)40-23-43-71(72)74(58-35-22-28-53(48-58)54-44-47-70-66(49-54)63-38-19-21-42-69(63)75(70)57-33-14-5-15-34-57)59-45-46-68-65(50-59)62-37-18-20-41-67(62)73(68,55-29-10-3-11-30-55)56-31-12-4-13-32-56/h1-50H. The van der Waals surface area contributed by atoms with Crippen LogP contribution in [0.3, 0.4) is 0 Å². The maximum Gasteiger partial charge on any atom is 0.0713 e. The van der Waals surface area contributed by atoms with Crippen molar-refractivity contribution < 1.29 is 0 Å². The van der Waals surface area contributed by atoms with Crippen molar-refractivity contribution in [2.45, 2.75) is 5.41 Å². The zero-order valence-corrected chi connectivity index (χ0v) is 41.3. The number of fused-ring (bicyclic) bond motifs is 6. The minimum atomic E-state index is -0.521. The van der Waals surface area contributed by atoms with Gasteiger partial charge in [-0.05, 0) is 133 Å². The summed E-state index contributed by atoms with van der Waals surface area (Å²) in [6, 6.07) is 112. The summed E-state index contributed by atoms with van der Waals surface area (Å²) in [6.07, 6.45) is 0. The van der Waals surface area contributed by atoms with Crippen molar-refractivity contribution >= 4 is 38.9 Å². The van der Waals surface area contributed by atoms with E-state index in [4.69, 9.17) is 0 Å². The van der Waals surface area contributed by atoms with Crippen molar-refractivity contribution in [3.8, 4) is 61.3 Å². The lowest BCUT2D eigenvalue weighted by atomic mass is 9.68. The van der Waals surface area contributed by atoms with Crippen LogP contribution in [0.25, 0.3) is 83.1 Å².